The minimum atomic E-state index is -0.102. The Balaban J connectivity index is 0.000000185. The van der Waals surface area contributed by atoms with Gasteiger partial charge in [0.05, 0.1) is 10.9 Å². The maximum atomic E-state index is 11.9. The van der Waals surface area contributed by atoms with E-state index in [1.807, 2.05) is 54.6 Å². The monoisotopic (exact) mass is 348 g/mol. The molecule has 1 aliphatic heterocycles. The number of H-pyrrole nitrogens is 1. The standard InChI is InChI=1S/C14H10N2O.C7H14N2/c17-14-11-8-4-5-9-12(11)15-13(16-14)10-6-2-1-3-7-10;1-2-5-9-6-3-8-4-7-9/h1-9H,(H,15,16,17);2,8H,1,3-7H2. The van der Waals surface area contributed by atoms with Crippen LogP contribution in [0.2, 0.25) is 0 Å². The number of nitrogens with zero attached hydrogens (tertiary/aromatic N) is 2. The van der Waals surface area contributed by atoms with Crippen molar-refractivity contribution in [1.82, 2.24) is 20.2 Å². The van der Waals surface area contributed by atoms with Crippen LogP contribution in [-0.2, 0) is 0 Å². The average Bonchev–Trinajstić information content (AvgIpc) is 2.70. The summed E-state index contributed by atoms with van der Waals surface area (Å²) in [5, 5.41) is 3.91. The highest BCUT2D eigenvalue weighted by Gasteiger charge is 2.06. The van der Waals surface area contributed by atoms with Gasteiger partial charge in [0.1, 0.15) is 5.82 Å². The highest BCUT2D eigenvalue weighted by Crippen LogP contribution is 2.15. The fourth-order valence-corrected chi connectivity index (χ4v) is 2.90. The summed E-state index contributed by atoms with van der Waals surface area (Å²) in [4.78, 5) is 21.5. The molecule has 0 saturated carbocycles. The predicted molar refractivity (Wildman–Crippen MR) is 107 cm³/mol. The van der Waals surface area contributed by atoms with Crippen molar-refractivity contribution in [3.8, 4) is 11.4 Å². The first-order valence-electron chi connectivity index (χ1n) is 8.86. The second-order valence-electron chi connectivity index (χ2n) is 6.14. The first kappa shape index (κ1) is 18.0. The van der Waals surface area contributed by atoms with Crippen molar-refractivity contribution in [2.45, 2.75) is 0 Å². The third-order valence-electron chi connectivity index (χ3n) is 4.26. The number of nitrogens with one attached hydrogen (secondary N) is 2. The zero-order valence-electron chi connectivity index (χ0n) is 14.8. The van der Waals surface area contributed by atoms with Crippen molar-refractivity contribution in [3.05, 3.63) is 77.6 Å². The topological polar surface area (TPSA) is 61.0 Å². The Morgan fingerprint density at radius 2 is 1.73 bits per heavy atom. The number of para-hydroxylation sites is 1. The van der Waals surface area contributed by atoms with Gasteiger partial charge in [-0.1, -0.05) is 48.5 Å². The molecule has 0 aliphatic carbocycles. The minimum absolute atomic E-state index is 0.102. The van der Waals surface area contributed by atoms with Crippen LogP contribution in [0.1, 0.15) is 0 Å². The lowest BCUT2D eigenvalue weighted by atomic mass is 10.2. The number of rotatable bonds is 3. The Morgan fingerprint density at radius 1 is 1.04 bits per heavy atom. The fraction of sp³-hybridized carbons (Fsp3) is 0.238. The maximum absolute atomic E-state index is 11.9. The van der Waals surface area contributed by atoms with Crippen LogP contribution in [0.4, 0.5) is 0 Å². The number of aromatic nitrogens is 2. The molecule has 2 heterocycles. The largest absolute Gasteiger partial charge is 0.314 e. The predicted octanol–water partition coefficient (Wildman–Crippen LogP) is 2.67. The summed E-state index contributed by atoms with van der Waals surface area (Å²) in [5.74, 6) is 0.606. The van der Waals surface area contributed by atoms with Crippen LogP contribution in [0.15, 0.2) is 72.0 Å². The van der Waals surface area contributed by atoms with Gasteiger partial charge in [0.25, 0.3) is 5.56 Å². The normalized spacial score (nSPS) is 14.5. The van der Waals surface area contributed by atoms with E-state index in [0.29, 0.717) is 11.2 Å². The van der Waals surface area contributed by atoms with Crippen molar-refractivity contribution in [1.29, 1.82) is 0 Å². The molecule has 2 N–H and O–H groups in total. The molecular weight excluding hydrogens is 324 g/mol. The zero-order valence-corrected chi connectivity index (χ0v) is 14.8. The number of fused-ring (bicyclic) bond motifs is 1. The molecule has 4 rings (SSSR count). The fourth-order valence-electron chi connectivity index (χ4n) is 2.90. The van der Waals surface area contributed by atoms with Gasteiger partial charge in [-0.3, -0.25) is 9.69 Å². The molecule has 0 spiro atoms. The Morgan fingerprint density at radius 3 is 2.46 bits per heavy atom. The van der Waals surface area contributed by atoms with Crippen LogP contribution in [0.25, 0.3) is 22.3 Å². The molecule has 1 aromatic heterocycles. The molecule has 5 nitrogen and oxygen atoms in total. The van der Waals surface area contributed by atoms with Gasteiger partial charge in [-0.15, -0.1) is 6.58 Å². The van der Waals surface area contributed by atoms with E-state index in [1.165, 1.54) is 13.1 Å². The first-order valence-corrected chi connectivity index (χ1v) is 8.86. The maximum Gasteiger partial charge on any atom is 0.259 e. The summed E-state index contributed by atoms with van der Waals surface area (Å²) in [5.41, 5.74) is 1.53. The van der Waals surface area contributed by atoms with E-state index in [9.17, 15) is 4.79 Å². The van der Waals surface area contributed by atoms with E-state index in [1.54, 1.807) is 6.07 Å². The number of hydrogen-bond acceptors (Lipinski definition) is 4. The van der Waals surface area contributed by atoms with Gasteiger partial charge >= 0.3 is 0 Å². The van der Waals surface area contributed by atoms with Crippen LogP contribution in [0.5, 0.6) is 0 Å². The van der Waals surface area contributed by atoms with Crippen molar-refractivity contribution >= 4 is 10.9 Å². The number of benzene rings is 2. The van der Waals surface area contributed by atoms with Gasteiger partial charge < -0.3 is 10.3 Å². The average molecular weight is 348 g/mol. The van der Waals surface area contributed by atoms with E-state index in [4.69, 9.17) is 0 Å². The molecule has 5 heteroatoms. The molecular formula is C21H24N4O. The summed E-state index contributed by atoms with van der Waals surface area (Å²) in [7, 11) is 0. The van der Waals surface area contributed by atoms with Crippen molar-refractivity contribution < 1.29 is 0 Å². The van der Waals surface area contributed by atoms with Crippen LogP contribution in [-0.4, -0.2) is 47.6 Å². The SMILES string of the molecule is C=CCN1CCNCC1.O=c1[nH]c(-c2ccccc2)nc2ccccc12. The molecule has 0 radical (unpaired) electrons. The second kappa shape index (κ2) is 9.08. The smallest absolute Gasteiger partial charge is 0.259 e. The summed E-state index contributed by atoms with van der Waals surface area (Å²) < 4.78 is 0. The summed E-state index contributed by atoms with van der Waals surface area (Å²) in [6.45, 7) is 9.35. The van der Waals surface area contributed by atoms with Crippen molar-refractivity contribution in [2.75, 3.05) is 32.7 Å². The lowest BCUT2D eigenvalue weighted by Gasteiger charge is -2.25. The van der Waals surface area contributed by atoms with E-state index in [-0.39, 0.29) is 5.56 Å². The van der Waals surface area contributed by atoms with Gasteiger partial charge in [-0.25, -0.2) is 4.98 Å². The van der Waals surface area contributed by atoms with Gasteiger partial charge in [-0.05, 0) is 12.1 Å². The molecule has 134 valence electrons. The van der Waals surface area contributed by atoms with Gasteiger partial charge in [0.15, 0.2) is 0 Å². The first-order chi connectivity index (χ1) is 12.8. The lowest BCUT2D eigenvalue weighted by Crippen LogP contribution is -2.43. The Bertz CT molecular complexity index is 899. The Hall–Kier alpha value is -2.76. The molecule has 0 unspecified atom stereocenters. The highest BCUT2D eigenvalue weighted by molar-refractivity contribution is 5.79. The molecule has 1 aliphatic rings. The summed E-state index contributed by atoms with van der Waals surface area (Å²) in [6.07, 6.45) is 1.96. The zero-order chi connectivity index (χ0) is 18.2. The second-order valence-corrected chi connectivity index (χ2v) is 6.14. The van der Waals surface area contributed by atoms with E-state index >= 15 is 0 Å². The Kier molecular flexibility index (Phi) is 6.30. The number of aromatic amines is 1. The molecule has 0 bridgehead atoms. The molecule has 1 fully saturated rings. The molecule has 0 amide bonds. The molecule has 0 atom stereocenters. The summed E-state index contributed by atoms with van der Waals surface area (Å²) in [6, 6.07) is 17.0. The summed E-state index contributed by atoms with van der Waals surface area (Å²) >= 11 is 0. The number of piperazine rings is 1. The lowest BCUT2D eigenvalue weighted by molar-refractivity contribution is 0.265. The Labute approximate surface area is 153 Å². The molecule has 26 heavy (non-hydrogen) atoms. The number of hydrogen-bond donors (Lipinski definition) is 2. The third-order valence-corrected chi connectivity index (χ3v) is 4.26. The highest BCUT2D eigenvalue weighted by atomic mass is 16.1. The van der Waals surface area contributed by atoms with E-state index in [0.717, 1.165) is 30.7 Å². The van der Waals surface area contributed by atoms with E-state index in [2.05, 4.69) is 26.8 Å². The van der Waals surface area contributed by atoms with Gasteiger partial charge in [0, 0.05) is 38.3 Å². The minimum Gasteiger partial charge on any atom is -0.314 e. The molecule has 2 aromatic carbocycles. The van der Waals surface area contributed by atoms with Crippen molar-refractivity contribution in [2.24, 2.45) is 0 Å². The van der Waals surface area contributed by atoms with Crippen LogP contribution in [0.3, 0.4) is 0 Å². The van der Waals surface area contributed by atoms with Crippen LogP contribution >= 0.6 is 0 Å². The van der Waals surface area contributed by atoms with Gasteiger partial charge in [0.2, 0.25) is 0 Å². The quantitative estimate of drug-likeness (QED) is 0.715. The van der Waals surface area contributed by atoms with E-state index < -0.39 is 0 Å². The van der Waals surface area contributed by atoms with Crippen molar-refractivity contribution in [3.63, 3.8) is 0 Å². The van der Waals surface area contributed by atoms with Crippen LogP contribution in [0, 0.1) is 0 Å². The van der Waals surface area contributed by atoms with Crippen LogP contribution < -0.4 is 10.9 Å². The molecule has 3 aromatic rings. The van der Waals surface area contributed by atoms with Gasteiger partial charge in [-0.2, -0.15) is 0 Å². The molecule has 1 saturated heterocycles. The third kappa shape index (κ3) is 4.65.